The molecule has 2 N–H and O–H groups in total. The zero-order valence-corrected chi connectivity index (χ0v) is 11.1. The molecule has 1 atom stereocenters. The van der Waals surface area contributed by atoms with Crippen LogP contribution in [0.2, 0.25) is 0 Å². The molecule has 4 heteroatoms. The molecule has 0 heterocycles. The average molecular weight is 231 g/mol. The molecule has 96 valence electrons. The summed E-state index contributed by atoms with van der Waals surface area (Å²) in [7, 11) is 1.61. The van der Waals surface area contributed by atoms with Gasteiger partial charge in [-0.2, -0.15) is 0 Å². The summed E-state index contributed by atoms with van der Waals surface area (Å²) in [4.78, 5) is 11.3. The lowest BCUT2D eigenvalue weighted by Crippen LogP contribution is -2.54. The van der Waals surface area contributed by atoms with Crippen molar-refractivity contribution in [3.05, 3.63) is 0 Å². The van der Waals surface area contributed by atoms with Gasteiger partial charge in [0, 0.05) is 13.5 Å². The fourth-order valence-corrected chi connectivity index (χ4v) is 1.68. The minimum Gasteiger partial charge on any atom is -0.480 e. The monoisotopic (exact) mass is 231 g/mol. The number of carboxylic acids is 1. The number of aliphatic carboxylic acids is 1. The first kappa shape index (κ1) is 15.4. The van der Waals surface area contributed by atoms with E-state index in [4.69, 9.17) is 4.74 Å². The first-order valence-corrected chi connectivity index (χ1v) is 5.81. The summed E-state index contributed by atoms with van der Waals surface area (Å²) >= 11 is 0. The van der Waals surface area contributed by atoms with Crippen LogP contribution in [-0.2, 0) is 9.53 Å². The number of methoxy groups -OCH3 is 1. The van der Waals surface area contributed by atoms with E-state index < -0.39 is 17.1 Å². The molecule has 0 bridgehead atoms. The van der Waals surface area contributed by atoms with E-state index in [-0.39, 0.29) is 0 Å². The molecular weight excluding hydrogens is 206 g/mol. The van der Waals surface area contributed by atoms with Crippen LogP contribution < -0.4 is 5.32 Å². The third-order valence-corrected chi connectivity index (χ3v) is 2.85. The van der Waals surface area contributed by atoms with Gasteiger partial charge in [0.25, 0.3) is 0 Å². The van der Waals surface area contributed by atoms with Crippen LogP contribution in [0, 0.1) is 0 Å². The normalized spacial score (nSPS) is 15.8. The molecular formula is C12H25NO3. The average Bonchev–Trinajstić information content (AvgIpc) is 2.17. The minimum atomic E-state index is -0.922. The number of ether oxygens (including phenoxy) is 1. The largest absolute Gasteiger partial charge is 0.480 e. The van der Waals surface area contributed by atoms with Gasteiger partial charge in [0.05, 0.1) is 5.60 Å². The van der Waals surface area contributed by atoms with Crippen LogP contribution in [0.5, 0.6) is 0 Å². The lowest BCUT2D eigenvalue weighted by molar-refractivity contribution is -0.147. The fraction of sp³-hybridized carbons (Fsp3) is 0.917. The SMILES string of the molecule is CCCCNC(C)(CC(C)(C)OC)C(=O)O. The second-order valence-electron chi connectivity index (χ2n) is 5.06. The van der Waals surface area contributed by atoms with Crippen molar-refractivity contribution >= 4 is 5.97 Å². The van der Waals surface area contributed by atoms with Gasteiger partial charge >= 0.3 is 5.97 Å². The Balaban J connectivity index is 4.51. The zero-order chi connectivity index (χ0) is 12.8. The van der Waals surface area contributed by atoms with E-state index in [1.807, 2.05) is 13.8 Å². The van der Waals surface area contributed by atoms with E-state index in [0.717, 1.165) is 19.4 Å². The number of hydrogen-bond donors (Lipinski definition) is 2. The number of hydrogen-bond acceptors (Lipinski definition) is 3. The second-order valence-corrected chi connectivity index (χ2v) is 5.06. The van der Waals surface area contributed by atoms with Crippen molar-refractivity contribution in [2.75, 3.05) is 13.7 Å². The molecule has 16 heavy (non-hydrogen) atoms. The van der Waals surface area contributed by atoms with E-state index in [1.165, 1.54) is 0 Å². The third kappa shape index (κ3) is 4.94. The van der Waals surface area contributed by atoms with Gasteiger partial charge in [-0.1, -0.05) is 13.3 Å². The van der Waals surface area contributed by atoms with Gasteiger partial charge in [-0.05, 0) is 33.7 Å². The fourth-order valence-electron chi connectivity index (χ4n) is 1.68. The summed E-state index contributed by atoms with van der Waals surface area (Å²) in [5.41, 5.74) is -1.36. The molecule has 0 aliphatic rings. The molecule has 0 saturated carbocycles. The van der Waals surface area contributed by atoms with Gasteiger partial charge in [0.1, 0.15) is 5.54 Å². The van der Waals surface area contributed by atoms with Crippen LogP contribution in [0.4, 0.5) is 0 Å². The van der Waals surface area contributed by atoms with Gasteiger partial charge in [-0.25, -0.2) is 0 Å². The first-order chi connectivity index (χ1) is 7.27. The van der Waals surface area contributed by atoms with Gasteiger partial charge in [-0.3, -0.25) is 4.79 Å². The lowest BCUT2D eigenvalue weighted by Gasteiger charge is -2.34. The minimum absolute atomic E-state index is 0.438. The Hall–Kier alpha value is -0.610. The molecule has 0 spiro atoms. The lowest BCUT2D eigenvalue weighted by atomic mass is 9.87. The summed E-state index contributed by atoms with van der Waals surface area (Å²) in [5.74, 6) is -0.825. The molecule has 0 fully saturated rings. The van der Waals surface area contributed by atoms with Crippen LogP contribution in [0.1, 0.15) is 47.0 Å². The number of carboxylic acid groups (broad SMARTS) is 1. The van der Waals surface area contributed by atoms with E-state index in [1.54, 1.807) is 14.0 Å². The highest BCUT2D eigenvalue weighted by molar-refractivity contribution is 5.78. The van der Waals surface area contributed by atoms with Gasteiger partial charge < -0.3 is 15.2 Å². The zero-order valence-electron chi connectivity index (χ0n) is 11.1. The van der Waals surface area contributed by atoms with Gasteiger partial charge in [0.15, 0.2) is 0 Å². The van der Waals surface area contributed by atoms with Gasteiger partial charge in [-0.15, -0.1) is 0 Å². The van der Waals surface area contributed by atoms with Crippen molar-refractivity contribution in [1.82, 2.24) is 5.32 Å². The summed E-state index contributed by atoms with van der Waals surface area (Å²) in [6.07, 6.45) is 2.47. The van der Waals surface area contributed by atoms with E-state index >= 15 is 0 Å². The van der Waals surface area contributed by atoms with Crippen LogP contribution in [0.25, 0.3) is 0 Å². The van der Waals surface area contributed by atoms with Crippen LogP contribution in [0.15, 0.2) is 0 Å². The highest BCUT2D eigenvalue weighted by Crippen LogP contribution is 2.23. The highest BCUT2D eigenvalue weighted by atomic mass is 16.5. The number of carbonyl (C=O) groups is 1. The summed E-state index contributed by atoms with van der Waals surface area (Å²) in [5, 5.41) is 12.4. The molecule has 0 rings (SSSR count). The predicted octanol–water partition coefficient (Wildman–Crippen LogP) is 2.03. The molecule has 0 radical (unpaired) electrons. The summed E-state index contributed by atoms with van der Waals surface area (Å²) in [6.45, 7) is 8.31. The standard InChI is InChI=1S/C12H25NO3/c1-6-7-8-13-12(4,10(14)15)9-11(2,3)16-5/h13H,6-9H2,1-5H3,(H,14,15). The Morgan fingerprint density at radius 1 is 1.38 bits per heavy atom. The first-order valence-electron chi connectivity index (χ1n) is 5.81. The van der Waals surface area contributed by atoms with E-state index in [0.29, 0.717) is 6.42 Å². The Bertz CT molecular complexity index is 228. The second kappa shape index (κ2) is 6.21. The molecule has 0 saturated heterocycles. The van der Waals surface area contributed by atoms with Crippen LogP contribution >= 0.6 is 0 Å². The maximum Gasteiger partial charge on any atom is 0.323 e. The van der Waals surface area contributed by atoms with Gasteiger partial charge in [0.2, 0.25) is 0 Å². The Morgan fingerprint density at radius 3 is 2.31 bits per heavy atom. The predicted molar refractivity (Wildman–Crippen MR) is 64.7 cm³/mol. The number of rotatable bonds is 8. The summed E-state index contributed by atoms with van der Waals surface area (Å²) < 4.78 is 5.29. The van der Waals surface area contributed by atoms with Crippen molar-refractivity contribution in [2.24, 2.45) is 0 Å². The molecule has 0 aliphatic carbocycles. The maximum absolute atomic E-state index is 11.3. The maximum atomic E-state index is 11.3. The van der Waals surface area contributed by atoms with Crippen molar-refractivity contribution in [2.45, 2.75) is 58.1 Å². The van der Waals surface area contributed by atoms with E-state index in [2.05, 4.69) is 12.2 Å². The molecule has 0 aromatic heterocycles. The smallest absolute Gasteiger partial charge is 0.323 e. The molecule has 1 unspecified atom stereocenters. The molecule has 0 aromatic rings. The topological polar surface area (TPSA) is 58.6 Å². The van der Waals surface area contributed by atoms with Crippen molar-refractivity contribution in [1.29, 1.82) is 0 Å². The molecule has 0 aliphatic heterocycles. The van der Waals surface area contributed by atoms with Crippen molar-refractivity contribution in [3.8, 4) is 0 Å². The third-order valence-electron chi connectivity index (χ3n) is 2.85. The Morgan fingerprint density at radius 2 is 1.94 bits per heavy atom. The van der Waals surface area contributed by atoms with Crippen molar-refractivity contribution < 1.29 is 14.6 Å². The summed E-state index contributed by atoms with van der Waals surface area (Å²) in [6, 6.07) is 0. The number of nitrogens with one attached hydrogen (secondary N) is 1. The molecule has 0 aromatic carbocycles. The Kier molecular flexibility index (Phi) is 5.97. The van der Waals surface area contributed by atoms with Crippen LogP contribution in [-0.4, -0.2) is 35.9 Å². The Labute approximate surface area is 98.4 Å². The van der Waals surface area contributed by atoms with Crippen molar-refractivity contribution in [3.63, 3.8) is 0 Å². The quantitative estimate of drug-likeness (QED) is 0.628. The van der Waals surface area contributed by atoms with Crippen LogP contribution in [0.3, 0.4) is 0 Å². The van der Waals surface area contributed by atoms with E-state index in [9.17, 15) is 9.90 Å². The molecule has 0 amide bonds. The molecule has 4 nitrogen and oxygen atoms in total. The highest BCUT2D eigenvalue weighted by Gasteiger charge is 2.38. The number of unbranched alkanes of at least 4 members (excludes halogenated alkanes) is 1.